The van der Waals surface area contributed by atoms with E-state index in [1.807, 2.05) is 20.8 Å². The molecule has 5 aliphatic rings. The zero-order chi connectivity index (χ0) is 41.1. The van der Waals surface area contributed by atoms with E-state index in [0.717, 1.165) is 93.9 Å². The summed E-state index contributed by atoms with van der Waals surface area (Å²) < 4.78 is 51.9. The van der Waals surface area contributed by atoms with Crippen LogP contribution in [0.4, 0.5) is 19.6 Å². The summed E-state index contributed by atoms with van der Waals surface area (Å²) in [4.78, 5) is 17.5. The van der Waals surface area contributed by atoms with Crippen LogP contribution in [0.5, 0.6) is 6.01 Å². The van der Waals surface area contributed by atoms with Crippen LogP contribution in [0.25, 0.3) is 22.3 Å². The van der Waals surface area contributed by atoms with Crippen LogP contribution >= 0.6 is 11.3 Å². The highest BCUT2D eigenvalue weighted by Crippen LogP contribution is 2.51. The summed E-state index contributed by atoms with van der Waals surface area (Å²) in [6, 6.07) is 2.55. The molecule has 0 radical (unpaired) electrons. The highest BCUT2D eigenvalue weighted by atomic mass is 32.1. The maximum absolute atomic E-state index is 18.1. The van der Waals surface area contributed by atoms with Crippen molar-refractivity contribution < 1.29 is 28.1 Å². The summed E-state index contributed by atoms with van der Waals surface area (Å²) in [7, 11) is 1.75. The maximum atomic E-state index is 18.1. The first-order valence-electron chi connectivity index (χ1n) is 20.8. The molecule has 3 unspecified atom stereocenters. The zero-order valence-corrected chi connectivity index (χ0v) is 35.5. The number of piperazine rings is 1. The van der Waals surface area contributed by atoms with Gasteiger partial charge >= 0.3 is 6.01 Å². The van der Waals surface area contributed by atoms with Crippen molar-refractivity contribution in [3.05, 3.63) is 50.2 Å². The van der Waals surface area contributed by atoms with E-state index in [9.17, 15) is 10.4 Å². The van der Waals surface area contributed by atoms with Crippen molar-refractivity contribution in [1.29, 1.82) is 5.26 Å². The molecule has 0 amide bonds. The summed E-state index contributed by atoms with van der Waals surface area (Å²) in [5.74, 6) is -0.456. The number of nitrogens with two attached hydrogens (primary N) is 1. The minimum absolute atomic E-state index is 0.0177. The minimum atomic E-state index is -0.576. The van der Waals surface area contributed by atoms with Crippen LogP contribution in [0, 0.1) is 28.0 Å². The van der Waals surface area contributed by atoms with E-state index >= 15 is 8.78 Å². The average molecular weight is 818 g/mol. The largest absolute Gasteiger partial charge is 0.463 e. The number of nitrogens with zero attached hydrogens (tertiary/aromatic N) is 6. The van der Waals surface area contributed by atoms with Crippen LogP contribution in [-0.2, 0) is 22.7 Å². The molecule has 1 aromatic carbocycles. The highest BCUT2D eigenvalue weighted by molar-refractivity contribution is 7.17. The summed E-state index contributed by atoms with van der Waals surface area (Å²) >= 11 is 0.998. The molecule has 3 atom stereocenters. The van der Waals surface area contributed by atoms with E-state index in [2.05, 4.69) is 27.7 Å². The molecule has 0 spiro atoms. The van der Waals surface area contributed by atoms with Crippen LogP contribution in [0.2, 0.25) is 0 Å². The molecule has 312 valence electrons. The van der Waals surface area contributed by atoms with Gasteiger partial charge in [-0.25, -0.2) is 8.78 Å². The molecule has 3 saturated heterocycles. The number of fused-ring (bicyclic) bond motifs is 5. The number of aliphatic hydroxyl groups excluding tert-OH is 1. The SMILES string of the molecule is C/C=C(/F)c1sc(N)c(C#N)c1C(=C(C)CC)c1c2c(c3c(N4C5CCC4CN(CC(C)O)C5)nc(OCC4(CN5CC(C)(CCOC)C5)CC4)nc3c1F)COC2. The summed E-state index contributed by atoms with van der Waals surface area (Å²) in [5.41, 5.74) is 10.1. The molecule has 11 nitrogen and oxygen atoms in total. The van der Waals surface area contributed by atoms with E-state index < -0.39 is 17.7 Å². The fraction of sp³-hybridized carbons (Fsp3) is 0.614. The standard InChI is InChI=1S/C44H57F2N7O4S/c1-7-25(3)33(35-29(15-47)40(48)58-39(35)32(45)8-2)34-30-19-56-20-31(30)36-38(37(34)46)49-42(50-41(36)53-27-9-10-28(53)18-51(17-27)16-26(4)54)57-24-44(11-12-44)23-52-21-43(5,22-52)13-14-55-6/h8,26-28,54H,7,9-14,16-24,48H2,1-6H3/b32-8+,33-25?. The Bertz CT molecular complexity index is 2170. The smallest absolute Gasteiger partial charge is 0.319 e. The Morgan fingerprint density at radius 1 is 1.16 bits per heavy atom. The van der Waals surface area contributed by atoms with Crippen LogP contribution in [0.15, 0.2) is 11.6 Å². The van der Waals surface area contributed by atoms with Gasteiger partial charge in [-0.3, -0.25) is 4.90 Å². The van der Waals surface area contributed by atoms with Crippen molar-refractivity contribution in [3.63, 3.8) is 0 Å². The topological polar surface area (TPSA) is 133 Å². The Balaban J connectivity index is 1.25. The molecular formula is C44H57F2N7O4S. The molecule has 6 heterocycles. The molecule has 3 N–H and O–H groups in total. The van der Waals surface area contributed by atoms with Gasteiger partial charge in [0.1, 0.15) is 28.2 Å². The second-order valence-electron chi connectivity index (χ2n) is 17.8. The van der Waals surface area contributed by atoms with Crippen molar-refractivity contribution in [3.8, 4) is 12.1 Å². The average Bonchev–Trinajstić information content (AvgIpc) is 3.48. The minimum Gasteiger partial charge on any atom is -0.463 e. The number of methoxy groups -OCH3 is 1. The second-order valence-corrected chi connectivity index (χ2v) is 18.9. The number of aliphatic hydroxyl groups is 1. The molecule has 3 aromatic rings. The number of ether oxygens (including phenoxy) is 3. The molecule has 4 aliphatic heterocycles. The fourth-order valence-corrected chi connectivity index (χ4v) is 11.0. The Labute approximate surface area is 344 Å². The lowest BCUT2D eigenvalue weighted by Gasteiger charge is -2.49. The van der Waals surface area contributed by atoms with Gasteiger partial charge in [0, 0.05) is 81.6 Å². The molecule has 8 rings (SSSR count). The highest BCUT2D eigenvalue weighted by Gasteiger charge is 2.50. The number of anilines is 2. The lowest BCUT2D eigenvalue weighted by molar-refractivity contribution is -0.0248. The number of rotatable bonds is 15. The lowest BCUT2D eigenvalue weighted by atomic mass is 9.78. The number of hydrogen-bond acceptors (Lipinski definition) is 12. The third-order valence-corrected chi connectivity index (χ3v) is 14.2. The number of β-amino-alcohol motifs (C(OH)–C–C–N with tert-alkyl or cyclic N) is 1. The summed E-state index contributed by atoms with van der Waals surface area (Å²) in [5, 5.41) is 21.4. The normalized spacial score (nSPS) is 23.4. The predicted octanol–water partition coefficient (Wildman–Crippen LogP) is 7.43. The number of nitrogen functional groups attached to an aromatic ring is 1. The van der Waals surface area contributed by atoms with Crippen molar-refractivity contribution in [2.24, 2.45) is 10.8 Å². The van der Waals surface area contributed by atoms with Crippen molar-refractivity contribution in [2.45, 2.75) is 105 Å². The number of aromatic nitrogens is 2. The molecule has 14 heteroatoms. The number of likely N-dealkylation sites (tertiary alicyclic amines) is 2. The third-order valence-electron chi connectivity index (χ3n) is 13.2. The number of hydrogen-bond donors (Lipinski definition) is 2. The van der Waals surface area contributed by atoms with Gasteiger partial charge in [0.15, 0.2) is 5.82 Å². The zero-order valence-electron chi connectivity index (χ0n) is 34.7. The van der Waals surface area contributed by atoms with Crippen molar-refractivity contribution in [2.75, 3.05) is 70.2 Å². The number of thiophene rings is 1. The van der Waals surface area contributed by atoms with E-state index in [0.29, 0.717) is 47.5 Å². The van der Waals surface area contributed by atoms with Gasteiger partial charge < -0.3 is 34.9 Å². The van der Waals surface area contributed by atoms with Gasteiger partial charge in [-0.15, -0.1) is 11.3 Å². The Morgan fingerprint density at radius 3 is 2.48 bits per heavy atom. The molecule has 58 heavy (non-hydrogen) atoms. The van der Waals surface area contributed by atoms with Gasteiger partial charge in [-0.2, -0.15) is 15.2 Å². The monoisotopic (exact) mass is 817 g/mol. The Morgan fingerprint density at radius 2 is 1.86 bits per heavy atom. The number of nitriles is 1. The summed E-state index contributed by atoms with van der Waals surface area (Å²) in [6.07, 6.45) is 6.42. The molecule has 4 fully saturated rings. The van der Waals surface area contributed by atoms with Crippen LogP contribution in [0.3, 0.4) is 0 Å². The Hall–Kier alpha value is -3.71. The van der Waals surface area contributed by atoms with E-state index in [1.165, 1.54) is 6.08 Å². The van der Waals surface area contributed by atoms with E-state index in [1.54, 1.807) is 14.0 Å². The van der Waals surface area contributed by atoms with E-state index in [-0.39, 0.29) is 68.7 Å². The van der Waals surface area contributed by atoms with Crippen LogP contribution in [-0.4, -0.2) is 103 Å². The van der Waals surface area contributed by atoms with Crippen LogP contribution in [0.1, 0.15) is 106 Å². The van der Waals surface area contributed by atoms with Gasteiger partial charge in [0.05, 0.1) is 41.8 Å². The van der Waals surface area contributed by atoms with Gasteiger partial charge in [0.2, 0.25) is 0 Å². The third kappa shape index (κ3) is 7.41. The van der Waals surface area contributed by atoms with Crippen molar-refractivity contribution >= 4 is 44.5 Å². The van der Waals surface area contributed by atoms with Gasteiger partial charge in [-0.05, 0) is 81.4 Å². The first kappa shape index (κ1) is 41.0. The lowest BCUT2D eigenvalue weighted by Crippen LogP contribution is -2.56. The fourth-order valence-electron chi connectivity index (χ4n) is 10.1. The van der Waals surface area contributed by atoms with Crippen molar-refractivity contribution in [1.82, 2.24) is 19.8 Å². The first-order chi connectivity index (χ1) is 27.8. The molecular weight excluding hydrogens is 761 g/mol. The maximum Gasteiger partial charge on any atom is 0.319 e. The van der Waals surface area contributed by atoms with E-state index in [4.69, 9.17) is 29.9 Å². The summed E-state index contributed by atoms with van der Waals surface area (Å²) in [6.45, 7) is 16.2. The molecule has 1 aliphatic carbocycles. The number of allylic oxidation sites excluding steroid dienone is 2. The predicted molar refractivity (Wildman–Crippen MR) is 224 cm³/mol. The molecule has 1 saturated carbocycles. The molecule has 2 aromatic heterocycles. The number of halogens is 2. The Kier molecular flexibility index (Phi) is 11.4. The molecule has 2 bridgehead atoms. The van der Waals surface area contributed by atoms with Gasteiger partial charge in [-0.1, -0.05) is 25.5 Å². The van der Waals surface area contributed by atoms with Crippen LogP contribution < -0.4 is 15.4 Å². The second kappa shape index (κ2) is 16.0. The quantitative estimate of drug-likeness (QED) is 0.159. The van der Waals surface area contributed by atoms with Gasteiger partial charge in [0.25, 0.3) is 0 Å². The first-order valence-corrected chi connectivity index (χ1v) is 21.6. The number of benzene rings is 1.